The summed E-state index contributed by atoms with van der Waals surface area (Å²) in [6.07, 6.45) is 15.3. The standard InChI is InChI=1S/C29H30N4O2S/c1-3-5-6-9-23-19-32-29(33-20-23)24-12-11-22(18-30)16-25(24)28(34)26(8-4-2)36-27(31)17-21-10-7-14-35-15-13-21/h3-5,10-12,16,19-20,31H,6-7,9,13-15,17H2,1-2H3/b5-3+,31-27?. The monoisotopic (exact) mass is 498 g/mol. The number of ether oxygens (including phenoxy) is 1. The fourth-order valence-electron chi connectivity index (χ4n) is 3.71. The molecule has 1 aliphatic rings. The minimum atomic E-state index is -0.311. The molecule has 1 aromatic carbocycles. The van der Waals surface area contributed by atoms with Crippen LogP contribution < -0.4 is 0 Å². The summed E-state index contributed by atoms with van der Waals surface area (Å²) in [5.41, 5.74) is 6.40. The van der Waals surface area contributed by atoms with Gasteiger partial charge in [0, 0.05) is 29.9 Å². The van der Waals surface area contributed by atoms with Crippen LogP contribution in [0.25, 0.3) is 11.4 Å². The SMILES string of the molecule is CC=C=C(SC(=N)CC1=CCCOCC1)C(=O)c1cc(C#N)ccc1-c1ncc(CC/C=C/C)cn1. The number of nitrogens with one attached hydrogen (secondary N) is 1. The van der Waals surface area contributed by atoms with E-state index in [1.807, 2.05) is 13.0 Å². The first-order valence-electron chi connectivity index (χ1n) is 12.0. The summed E-state index contributed by atoms with van der Waals surface area (Å²) in [7, 11) is 0. The minimum absolute atomic E-state index is 0.298. The third-order valence-corrected chi connectivity index (χ3v) is 6.43. The van der Waals surface area contributed by atoms with Gasteiger partial charge in [0.2, 0.25) is 5.78 Å². The number of hydrogen-bond donors (Lipinski definition) is 1. The lowest BCUT2D eigenvalue weighted by atomic mass is 9.99. The van der Waals surface area contributed by atoms with E-state index in [1.54, 1.807) is 43.6 Å². The molecule has 2 heterocycles. The number of aryl methyl sites for hydroxylation is 1. The van der Waals surface area contributed by atoms with E-state index < -0.39 is 0 Å². The second-order valence-electron chi connectivity index (χ2n) is 8.20. The van der Waals surface area contributed by atoms with E-state index in [9.17, 15) is 10.1 Å². The largest absolute Gasteiger partial charge is 0.381 e. The number of Topliss-reactive ketones (excluding diaryl/α,β-unsaturated/α-hetero) is 1. The highest BCUT2D eigenvalue weighted by atomic mass is 32.2. The van der Waals surface area contributed by atoms with E-state index in [0.717, 1.165) is 48.6 Å². The van der Waals surface area contributed by atoms with Gasteiger partial charge in [0.25, 0.3) is 0 Å². The van der Waals surface area contributed by atoms with E-state index in [1.165, 1.54) is 0 Å². The van der Waals surface area contributed by atoms with Gasteiger partial charge < -0.3 is 4.74 Å². The number of nitrogens with zero attached hydrogens (tertiary/aromatic N) is 3. The van der Waals surface area contributed by atoms with Crippen molar-refractivity contribution < 1.29 is 9.53 Å². The molecule has 0 aliphatic carbocycles. The number of carbonyl (C=O) groups excluding carboxylic acids is 1. The van der Waals surface area contributed by atoms with E-state index in [0.29, 0.717) is 52.1 Å². The van der Waals surface area contributed by atoms with Crippen molar-refractivity contribution in [3.8, 4) is 17.5 Å². The molecule has 0 atom stereocenters. The highest BCUT2D eigenvalue weighted by molar-refractivity contribution is 8.17. The topological polar surface area (TPSA) is 99.7 Å². The quantitative estimate of drug-likeness (QED) is 0.104. The van der Waals surface area contributed by atoms with Crippen molar-refractivity contribution in [3.05, 3.63) is 87.8 Å². The Hall–Kier alpha value is -3.56. The summed E-state index contributed by atoms with van der Waals surface area (Å²) in [4.78, 5) is 23.0. The first-order chi connectivity index (χ1) is 17.5. The van der Waals surface area contributed by atoms with Gasteiger partial charge in [-0.05, 0) is 69.4 Å². The number of hydrogen-bond acceptors (Lipinski definition) is 7. The van der Waals surface area contributed by atoms with Crippen molar-refractivity contribution in [1.29, 1.82) is 10.7 Å². The smallest absolute Gasteiger partial charge is 0.208 e. The predicted molar refractivity (Wildman–Crippen MR) is 145 cm³/mol. The van der Waals surface area contributed by atoms with Crippen molar-refractivity contribution in [2.24, 2.45) is 0 Å². The van der Waals surface area contributed by atoms with Crippen LogP contribution in [-0.2, 0) is 11.2 Å². The van der Waals surface area contributed by atoms with Gasteiger partial charge in [-0.25, -0.2) is 9.97 Å². The lowest BCUT2D eigenvalue weighted by Crippen LogP contribution is -2.07. The van der Waals surface area contributed by atoms with E-state index in [-0.39, 0.29) is 5.78 Å². The maximum absolute atomic E-state index is 13.7. The zero-order valence-corrected chi connectivity index (χ0v) is 21.5. The fraction of sp³-hybridized carbons (Fsp3) is 0.310. The number of nitriles is 1. The van der Waals surface area contributed by atoms with Gasteiger partial charge in [-0.3, -0.25) is 10.2 Å². The zero-order chi connectivity index (χ0) is 25.8. The summed E-state index contributed by atoms with van der Waals surface area (Å²) in [5, 5.41) is 18.3. The first-order valence-corrected chi connectivity index (χ1v) is 12.8. The molecule has 36 heavy (non-hydrogen) atoms. The van der Waals surface area contributed by atoms with Crippen LogP contribution in [0.4, 0.5) is 0 Å². The molecule has 1 aromatic heterocycles. The van der Waals surface area contributed by atoms with Crippen LogP contribution in [0.2, 0.25) is 0 Å². The summed E-state index contributed by atoms with van der Waals surface area (Å²) >= 11 is 1.10. The average molecular weight is 499 g/mol. The molecular weight excluding hydrogens is 468 g/mol. The zero-order valence-electron chi connectivity index (χ0n) is 20.7. The summed E-state index contributed by atoms with van der Waals surface area (Å²) in [6, 6.07) is 7.03. The molecule has 0 spiro atoms. The van der Waals surface area contributed by atoms with Crippen LogP contribution in [-0.4, -0.2) is 34.0 Å². The van der Waals surface area contributed by atoms with Crippen molar-refractivity contribution in [2.45, 2.75) is 46.0 Å². The van der Waals surface area contributed by atoms with E-state index in [4.69, 9.17) is 10.1 Å². The van der Waals surface area contributed by atoms with Crippen LogP contribution in [0.15, 0.2) is 71.1 Å². The first kappa shape index (κ1) is 27.0. The van der Waals surface area contributed by atoms with Crippen molar-refractivity contribution >= 4 is 22.6 Å². The Balaban J connectivity index is 1.87. The van der Waals surface area contributed by atoms with Gasteiger partial charge in [-0.1, -0.05) is 35.6 Å². The van der Waals surface area contributed by atoms with Gasteiger partial charge in [-0.2, -0.15) is 5.26 Å². The van der Waals surface area contributed by atoms with E-state index in [2.05, 4.69) is 33.9 Å². The minimum Gasteiger partial charge on any atom is -0.381 e. The Morgan fingerprint density at radius 1 is 1.25 bits per heavy atom. The molecule has 0 saturated carbocycles. The van der Waals surface area contributed by atoms with Crippen LogP contribution in [0.3, 0.4) is 0 Å². The molecule has 2 aromatic rings. The molecule has 0 radical (unpaired) electrons. The number of carbonyl (C=O) groups is 1. The number of ketones is 1. The molecule has 0 bridgehead atoms. The Kier molecular flexibility index (Phi) is 10.6. The Labute approximate surface area is 217 Å². The Morgan fingerprint density at radius 3 is 2.78 bits per heavy atom. The van der Waals surface area contributed by atoms with Crippen LogP contribution in [0.5, 0.6) is 0 Å². The molecule has 1 N–H and O–H groups in total. The lowest BCUT2D eigenvalue weighted by Gasteiger charge is -2.11. The number of benzene rings is 1. The highest BCUT2D eigenvalue weighted by Crippen LogP contribution is 2.30. The third-order valence-electron chi connectivity index (χ3n) is 5.53. The molecule has 0 saturated heterocycles. The second kappa shape index (κ2) is 14.1. The van der Waals surface area contributed by atoms with Gasteiger partial charge in [0.05, 0.1) is 29.9 Å². The molecule has 7 heteroatoms. The Morgan fingerprint density at radius 2 is 2.06 bits per heavy atom. The molecule has 0 amide bonds. The van der Waals surface area contributed by atoms with Gasteiger partial charge in [0.15, 0.2) is 5.82 Å². The Bertz CT molecular complexity index is 1260. The molecule has 1 aliphatic heterocycles. The molecular formula is C29H30N4O2S. The molecule has 0 fully saturated rings. The number of allylic oxidation sites excluding steroid dienone is 3. The highest BCUT2D eigenvalue weighted by Gasteiger charge is 2.21. The van der Waals surface area contributed by atoms with E-state index >= 15 is 0 Å². The molecule has 0 unspecified atom stereocenters. The maximum atomic E-state index is 13.7. The summed E-state index contributed by atoms with van der Waals surface area (Å²) in [6.45, 7) is 5.12. The second-order valence-corrected chi connectivity index (χ2v) is 9.31. The van der Waals surface area contributed by atoms with Gasteiger partial charge in [-0.15, -0.1) is 5.73 Å². The summed E-state index contributed by atoms with van der Waals surface area (Å²) in [5.74, 6) is 0.107. The molecule has 6 nitrogen and oxygen atoms in total. The molecule has 3 rings (SSSR count). The van der Waals surface area contributed by atoms with Crippen LogP contribution >= 0.6 is 11.8 Å². The van der Waals surface area contributed by atoms with Gasteiger partial charge >= 0.3 is 0 Å². The predicted octanol–water partition coefficient (Wildman–Crippen LogP) is 6.60. The maximum Gasteiger partial charge on any atom is 0.208 e. The third kappa shape index (κ3) is 7.73. The number of aromatic nitrogens is 2. The van der Waals surface area contributed by atoms with Crippen LogP contribution in [0.1, 0.15) is 61.0 Å². The normalized spacial score (nSPS) is 13.3. The van der Waals surface area contributed by atoms with Gasteiger partial charge in [0.1, 0.15) is 4.91 Å². The summed E-state index contributed by atoms with van der Waals surface area (Å²) < 4.78 is 5.48. The van der Waals surface area contributed by atoms with Crippen molar-refractivity contribution in [3.63, 3.8) is 0 Å². The van der Waals surface area contributed by atoms with Crippen LogP contribution in [0, 0.1) is 16.7 Å². The van der Waals surface area contributed by atoms with Crippen molar-refractivity contribution in [1.82, 2.24) is 9.97 Å². The number of rotatable bonds is 9. The number of thioether (sulfide) groups is 1. The lowest BCUT2D eigenvalue weighted by molar-refractivity contribution is 0.104. The fourth-order valence-corrected chi connectivity index (χ4v) is 4.59. The van der Waals surface area contributed by atoms with Crippen molar-refractivity contribution in [2.75, 3.05) is 13.2 Å². The molecule has 184 valence electrons. The average Bonchev–Trinajstić information content (AvgIpc) is 3.17.